The Labute approximate surface area is 182 Å². The lowest BCUT2D eigenvalue weighted by molar-refractivity contribution is -0.140. The third-order valence-corrected chi connectivity index (χ3v) is 4.53. The van der Waals surface area contributed by atoms with Gasteiger partial charge in [0.1, 0.15) is 0 Å². The van der Waals surface area contributed by atoms with E-state index in [1.807, 2.05) is 6.92 Å². The second kappa shape index (κ2) is 16.2. The minimum atomic E-state index is -1.02. The summed E-state index contributed by atoms with van der Waals surface area (Å²) in [5, 5.41) is 36.1. The van der Waals surface area contributed by atoms with Gasteiger partial charge in [-0.15, -0.1) is 0 Å². The smallest absolute Gasteiger partial charge is 0.317 e. The standard InChI is InChI=1S/C20H35N3O8/c1-3-7-21(13-18(26)27)9-11-23(15-20(30)31)12-10-22(14-19(28)29)8-6-16(2)4-5-17(24)25/h4H,3,5-15H2,1-2H3,(H,24,25)(H,26,27)(H,28,29)(H,30,31). The molecule has 178 valence electrons. The molecule has 31 heavy (non-hydrogen) atoms. The zero-order valence-electron chi connectivity index (χ0n) is 18.3. The summed E-state index contributed by atoms with van der Waals surface area (Å²) in [6.45, 7) is 5.49. The number of nitrogens with zero attached hydrogens (tertiary/aromatic N) is 3. The van der Waals surface area contributed by atoms with Gasteiger partial charge in [-0.3, -0.25) is 33.9 Å². The molecule has 0 heterocycles. The molecule has 0 spiro atoms. The zero-order chi connectivity index (χ0) is 23.8. The summed E-state index contributed by atoms with van der Waals surface area (Å²) in [5.41, 5.74) is 0.837. The number of carboxylic acids is 4. The van der Waals surface area contributed by atoms with Gasteiger partial charge >= 0.3 is 23.9 Å². The van der Waals surface area contributed by atoms with Crippen LogP contribution in [-0.4, -0.2) is 118 Å². The molecule has 0 unspecified atom stereocenters. The molecule has 0 aromatic rings. The van der Waals surface area contributed by atoms with Crippen LogP contribution in [0, 0.1) is 0 Å². The molecule has 0 aromatic heterocycles. The monoisotopic (exact) mass is 445 g/mol. The van der Waals surface area contributed by atoms with Crippen LogP contribution in [0.4, 0.5) is 0 Å². The van der Waals surface area contributed by atoms with Gasteiger partial charge in [-0.1, -0.05) is 18.6 Å². The lowest BCUT2D eigenvalue weighted by Crippen LogP contribution is -2.44. The van der Waals surface area contributed by atoms with Crippen molar-refractivity contribution in [1.29, 1.82) is 0 Å². The average Bonchev–Trinajstić information content (AvgIpc) is 2.64. The molecular weight excluding hydrogens is 410 g/mol. The molecule has 0 aromatic carbocycles. The van der Waals surface area contributed by atoms with Crippen molar-refractivity contribution < 1.29 is 39.6 Å². The van der Waals surface area contributed by atoms with Gasteiger partial charge < -0.3 is 20.4 Å². The van der Waals surface area contributed by atoms with E-state index >= 15 is 0 Å². The molecule has 11 heteroatoms. The fourth-order valence-electron chi connectivity index (χ4n) is 2.96. The first kappa shape index (κ1) is 28.5. The molecule has 0 aliphatic carbocycles. The largest absolute Gasteiger partial charge is 0.481 e. The van der Waals surface area contributed by atoms with Gasteiger partial charge in [0, 0.05) is 32.7 Å². The first-order valence-electron chi connectivity index (χ1n) is 10.2. The Morgan fingerprint density at radius 3 is 1.39 bits per heavy atom. The van der Waals surface area contributed by atoms with Gasteiger partial charge in [0.05, 0.1) is 26.1 Å². The quantitative estimate of drug-likeness (QED) is 0.203. The van der Waals surface area contributed by atoms with Crippen LogP contribution in [0.1, 0.15) is 33.1 Å². The predicted octanol–water partition coefficient (Wildman–Crippen LogP) is 0.367. The van der Waals surface area contributed by atoms with Crippen LogP contribution in [0.25, 0.3) is 0 Å². The molecule has 0 aliphatic rings. The third kappa shape index (κ3) is 16.9. The van der Waals surface area contributed by atoms with Crippen LogP contribution in [0.3, 0.4) is 0 Å². The topological polar surface area (TPSA) is 159 Å². The van der Waals surface area contributed by atoms with Gasteiger partial charge in [-0.25, -0.2) is 0 Å². The van der Waals surface area contributed by atoms with E-state index in [1.54, 1.807) is 27.7 Å². The highest BCUT2D eigenvalue weighted by Gasteiger charge is 2.16. The van der Waals surface area contributed by atoms with Crippen LogP contribution < -0.4 is 0 Å². The van der Waals surface area contributed by atoms with Crippen molar-refractivity contribution in [2.24, 2.45) is 0 Å². The van der Waals surface area contributed by atoms with E-state index in [0.717, 1.165) is 12.0 Å². The van der Waals surface area contributed by atoms with E-state index in [1.165, 1.54) is 0 Å². The van der Waals surface area contributed by atoms with E-state index in [-0.39, 0.29) is 26.1 Å². The maximum Gasteiger partial charge on any atom is 0.317 e. The first-order valence-corrected chi connectivity index (χ1v) is 10.2. The van der Waals surface area contributed by atoms with Gasteiger partial charge in [-0.2, -0.15) is 0 Å². The van der Waals surface area contributed by atoms with Crippen molar-refractivity contribution in [1.82, 2.24) is 14.7 Å². The number of hydrogen-bond donors (Lipinski definition) is 4. The molecule has 0 saturated carbocycles. The molecule has 0 aliphatic heterocycles. The highest BCUT2D eigenvalue weighted by Crippen LogP contribution is 2.05. The fourth-order valence-corrected chi connectivity index (χ4v) is 2.96. The Kier molecular flexibility index (Phi) is 14.9. The Bertz CT molecular complexity index is 624. The van der Waals surface area contributed by atoms with Gasteiger partial charge in [-0.05, 0) is 26.3 Å². The SMILES string of the molecule is CCCN(CCN(CCN(CCC(C)=CCC(=O)O)CC(=O)O)CC(=O)O)CC(=O)O. The molecule has 0 saturated heterocycles. The molecular formula is C20H35N3O8. The van der Waals surface area contributed by atoms with Gasteiger partial charge in [0.15, 0.2) is 0 Å². The van der Waals surface area contributed by atoms with Crippen LogP contribution in [0.2, 0.25) is 0 Å². The number of hydrogen-bond acceptors (Lipinski definition) is 7. The normalized spacial score (nSPS) is 12.0. The van der Waals surface area contributed by atoms with Crippen molar-refractivity contribution in [3.05, 3.63) is 11.6 Å². The molecule has 11 nitrogen and oxygen atoms in total. The minimum Gasteiger partial charge on any atom is -0.481 e. The van der Waals surface area contributed by atoms with E-state index in [9.17, 15) is 24.3 Å². The molecule has 0 fully saturated rings. The van der Waals surface area contributed by atoms with Crippen LogP contribution in [0.5, 0.6) is 0 Å². The van der Waals surface area contributed by atoms with E-state index < -0.39 is 23.9 Å². The summed E-state index contributed by atoms with van der Waals surface area (Å²) >= 11 is 0. The van der Waals surface area contributed by atoms with Gasteiger partial charge in [0.2, 0.25) is 0 Å². The Balaban J connectivity index is 4.89. The first-order chi connectivity index (χ1) is 14.5. The van der Waals surface area contributed by atoms with Crippen LogP contribution >= 0.6 is 0 Å². The Hall–Kier alpha value is -2.50. The summed E-state index contributed by atoms with van der Waals surface area (Å²) in [6.07, 6.45) is 2.76. The maximum atomic E-state index is 11.2. The van der Waals surface area contributed by atoms with Crippen molar-refractivity contribution in [2.45, 2.75) is 33.1 Å². The zero-order valence-corrected chi connectivity index (χ0v) is 18.3. The molecule has 0 atom stereocenters. The van der Waals surface area contributed by atoms with Crippen molar-refractivity contribution >= 4 is 23.9 Å². The van der Waals surface area contributed by atoms with E-state index in [2.05, 4.69) is 0 Å². The minimum absolute atomic E-state index is 0.0955. The van der Waals surface area contributed by atoms with Crippen LogP contribution in [0.15, 0.2) is 11.6 Å². The lowest BCUT2D eigenvalue weighted by atomic mass is 10.1. The summed E-state index contributed by atoms with van der Waals surface area (Å²) < 4.78 is 0. The summed E-state index contributed by atoms with van der Waals surface area (Å²) in [7, 11) is 0. The molecule has 4 N–H and O–H groups in total. The molecule has 0 rings (SSSR count). The van der Waals surface area contributed by atoms with Crippen molar-refractivity contribution in [3.8, 4) is 0 Å². The Morgan fingerprint density at radius 1 is 0.645 bits per heavy atom. The number of carboxylic acid groups (broad SMARTS) is 4. The van der Waals surface area contributed by atoms with Crippen molar-refractivity contribution in [3.63, 3.8) is 0 Å². The molecule has 0 bridgehead atoms. The second-order valence-electron chi connectivity index (χ2n) is 7.41. The third-order valence-electron chi connectivity index (χ3n) is 4.53. The average molecular weight is 446 g/mol. The van der Waals surface area contributed by atoms with Crippen LogP contribution in [-0.2, 0) is 19.2 Å². The maximum absolute atomic E-state index is 11.2. The van der Waals surface area contributed by atoms with Crippen molar-refractivity contribution in [2.75, 3.05) is 58.9 Å². The predicted molar refractivity (Wildman–Crippen MR) is 113 cm³/mol. The molecule has 0 amide bonds. The fraction of sp³-hybridized carbons (Fsp3) is 0.700. The highest BCUT2D eigenvalue weighted by atomic mass is 16.4. The number of rotatable bonds is 19. The summed E-state index contributed by atoms with van der Waals surface area (Å²) in [6, 6.07) is 0. The lowest BCUT2D eigenvalue weighted by Gasteiger charge is -2.28. The van der Waals surface area contributed by atoms with Gasteiger partial charge in [0.25, 0.3) is 0 Å². The number of aliphatic carboxylic acids is 4. The Morgan fingerprint density at radius 2 is 1.03 bits per heavy atom. The summed E-state index contributed by atoms with van der Waals surface area (Å²) in [5.74, 6) is -3.91. The van der Waals surface area contributed by atoms with E-state index in [4.69, 9.17) is 15.3 Å². The molecule has 0 radical (unpaired) electrons. The highest BCUT2D eigenvalue weighted by molar-refractivity contribution is 5.70. The second-order valence-corrected chi connectivity index (χ2v) is 7.41. The number of carbonyl (C=O) groups is 4. The van der Waals surface area contributed by atoms with E-state index in [0.29, 0.717) is 45.7 Å². The summed E-state index contributed by atoms with van der Waals surface area (Å²) in [4.78, 5) is 49.1.